The number of nitrogens with two attached hydrogens (primary N) is 1. The van der Waals surface area contributed by atoms with E-state index in [0.717, 1.165) is 0 Å². The Morgan fingerprint density at radius 3 is 2.50 bits per heavy atom. The first-order valence-electron chi connectivity index (χ1n) is 5.26. The van der Waals surface area contributed by atoms with Gasteiger partial charge in [-0.2, -0.15) is 0 Å². The maximum atomic E-state index is 13.3. The second-order valence-electron chi connectivity index (χ2n) is 3.48. The highest BCUT2D eigenvalue weighted by atomic mass is 19.1. The van der Waals surface area contributed by atoms with Crippen molar-refractivity contribution in [3.8, 4) is 0 Å². The summed E-state index contributed by atoms with van der Waals surface area (Å²) in [6.45, 7) is 1.84. The fourth-order valence-corrected chi connectivity index (χ4v) is 1.18. The maximum Gasteiger partial charge on any atom is 0.248 e. The van der Waals surface area contributed by atoms with E-state index in [1.165, 1.54) is 0 Å². The highest BCUT2D eigenvalue weighted by molar-refractivity contribution is 5.79. The van der Waals surface area contributed by atoms with E-state index in [2.05, 4.69) is 15.6 Å². The Morgan fingerprint density at radius 2 is 2.00 bits per heavy atom. The molecule has 1 unspecified atom stereocenters. The molecule has 0 spiro atoms. The van der Waals surface area contributed by atoms with Gasteiger partial charge < -0.3 is 21.5 Å². The van der Waals surface area contributed by atoms with E-state index in [0.29, 0.717) is 12.6 Å². The Kier molecular flexibility index (Phi) is 4.78. The van der Waals surface area contributed by atoms with Crippen LogP contribution in [0.15, 0.2) is 6.07 Å². The first-order chi connectivity index (χ1) is 8.45. The third-order valence-corrected chi connectivity index (χ3v) is 2.07. The average molecular weight is 260 g/mol. The molecule has 1 amide bonds. The number of nitrogens with zero attached hydrogens (tertiary/aromatic N) is 1. The van der Waals surface area contributed by atoms with Crippen LogP contribution in [0.1, 0.15) is 6.92 Å². The largest absolute Gasteiger partial charge is 0.381 e. The summed E-state index contributed by atoms with van der Waals surface area (Å²) in [4.78, 5) is 14.2. The van der Waals surface area contributed by atoms with Gasteiger partial charge in [0.05, 0.1) is 6.54 Å². The van der Waals surface area contributed by atoms with Crippen LogP contribution in [0.2, 0.25) is 0 Å². The van der Waals surface area contributed by atoms with Crippen molar-refractivity contribution < 1.29 is 18.7 Å². The number of primary amides is 1. The zero-order chi connectivity index (χ0) is 13.7. The number of carbonyl (C=O) groups is 1. The lowest BCUT2D eigenvalue weighted by Gasteiger charge is -2.12. The number of pyridine rings is 1. The van der Waals surface area contributed by atoms with Crippen molar-refractivity contribution in [2.24, 2.45) is 5.73 Å². The molecule has 0 fully saturated rings. The van der Waals surface area contributed by atoms with Crippen LogP contribution in [-0.2, 0) is 4.79 Å². The number of halogens is 2. The minimum Gasteiger partial charge on any atom is -0.381 e. The molecule has 0 aliphatic heterocycles. The van der Waals surface area contributed by atoms with Gasteiger partial charge in [0.25, 0.3) is 0 Å². The van der Waals surface area contributed by atoms with Crippen LogP contribution in [0, 0.1) is 11.6 Å². The zero-order valence-corrected chi connectivity index (χ0v) is 9.70. The second-order valence-corrected chi connectivity index (χ2v) is 3.48. The van der Waals surface area contributed by atoms with E-state index in [9.17, 15) is 13.6 Å². The molecule has 0 saturated heterocycles. The van der Waals surface area contributed by atoms with Crippen molar-refractivity contribution in [2.75, 3.05) is 23.7 Å². The van der Waals surface area contributed by atoms with E-state index < -0.39 is 23.6 Å². The zero-order valence-electron chi connectivity index (χ0n) is 9.70. The summed E-state index contributed by atoms with van der Waals surface area (Å²) in [6, 6.07) is 0.657. The predicted molar refractivity (Wildman–Crippen MR) is 62.0 cm³/mol. The number of anilines is 2. The minimum atomic E-state index is -1.47. The van der Waals surface area contributed by atoms with Crippen molar-refractivity contribution >= 4 is 17.5 Å². The van der Waals surface area contributed by atoms with Gasteiger partial charge in [0.15, 0.2) is 23.3 Å². The Hall–Kier alpha value is -1.96. The van der Waals surface area contributed by atoms with Crippen LogP contribution in [0.25, 0.3) is 0 Å². The summed E-state index contributed by atoms with van der Waals surface area (Å²) in [6.07, 6.45) is -1.47. The van der Waals surface area contributed by atoms with Crippen LogP contribution in [0.3, 0.4) is 0 Å². The number of nitrogens with one attached hydrogen (secondary N) is 2. The van der Waals surface area contributed by atoms with Crippen LogP contribution in [0.5, 0.6) is 0 Å². The standard InChI is InChI=1S/C10H14F2N4O2/c1-2-14-9-5(11)3-6(12)10(16-9)15-4-7(17)8(13)18/h3,7,17H,2,4H2,1H3,(H2,13,18)(H2,14,15,16). The van der Waals surface area contributed by atoms with Crippen LogP contribution in [-0.4, -0.2) is 35.2 Å². The van der Waals surface area contributed by atoms with Gasteiger partial charge in [-0.3, -0.25) is 4.79 Å². The molecule has 100 valence electrons. The molecule has 1 rings (SSSR count). The van der Waals surface area contributed by atoms with Gasteiger partial charge in [-0.1, -0.05) is 0 Å². The Morgan fingerprint density at radius 1 is 1.44 bits per heavy atom. The third kappa shape index (κ3) is 3.52. The van der Waals surface area contributed by atoms with Crippen molar-refractivity contribution in [1.82, 2.24) is 4.98 Å². The molecule has 1 aromatic heterocycles. The second kappa shape index (κ2) is 6.10. The van der Waals surface area contributed by atoms with Crippen molar-refractivity contribution in [3.05, 3.63) is 17.7 Å². The van der Waals surface area contributed by atoms with Gasteiger partial charge in [-0.15, -0.1) is 0 Å². The average Bonchev–Trinajstić information content (AvgIpc) is 2.30. The van der Waals surface area contributed by atoms with E-state index in [1.54, 1.807) is 6.92 Å². The predicted octanol–water partition coefficient (Wildman–Crippen LogP) is 0.0497. The number of aliphatic hydroxyl groups is 1. The molecule has 0 aromatic carbocycles. The fourth-order valence-electron chi connectivity index (χ4n) is 1.18. The first-order valence-corrected chi connectivity index (χ1v) is 5.26. The summed E-state index contributed by atoms with van der Waals surface area (Å²) in [5, 5.41) is 14.1. The molecule has 0 saturated carbocycles. The van der Waals surface area contributed by atoms with Gasteiger partial charge >= 0.3 is 0 Å². The maximum absolute atomic E-state index is 13.3. The highest BCUT2D eigenvalue weighted by Crippen LogP contribution is 2.18. The van der Waals surface area contributed by atoms with Crippen LogP contribution in [0.4, 0.5) is 20.4 Å². The topological polar surface area (TPSA) is 100 Å². The normalized spacial score (nSPS) is 12.0. The molecule has 0 radical (unpaired) electrons. The number of aromatic nitrogens is 1. The van der Waals surface area contributed by atoms with Crippen LogP contribution >= 0.6 is 0 Å². The highest BCUT2D eigenvalue weighted by Gasteiger charge is 2.14. The molecule has 1 atom stereocenters. The lowest BCUT2D eigenvalue weighted by molar-refractivity contribution is -0.125. The molecule has 18 heavy (non-hydrogen) atoms. The molecule has 1 heterocycles. The summed E-state index contributed by atoms with van der Waals surface area (Å²) in [7, 11) is 0. The summed E-state index contributed by atoms with van der Waals surface area (Å²) in [5.74, 6) is -3.08. The minimum absolute atomic E-state index is 0.116. The van der Waals surface area contributed by atoms with Crippen molar-refractivity contribution in [2.45, 2.75) is 13.0 Å². The smallest absolute Gasteiger partial charge is 0.248 e. The Bertz CT molecular complexity index is 442. The molecule has 6 nitrogen and oxygen atoms in total. The third-order valence-electron chi connectivity index (χ3n) is 2.07. The molecule has 1 aromatic rings. The summed E-state index contributed by atoms with van der Waals surface area (Å²) < 4.78 is 26.6. The molecule has 0 aliphatic carbocycles. The first kappa shape index (κ1) is 14.1. The van der Waals surface area contributed by atoms with Gasteiger partial charge in [0, 0.05) is 12.6 Å². The Labute approximate surface area is 102 Å². The number of amides is 1. The van der Waals surface area contributed by atoms with E-state index in [-0.39, 0.29) is 18.2 Å². The molecule has 0 aliphatic rings. The number of hydrogen-bond donors (Lipinski definition) is 4. The summed E-state index contributed by atoms with van der Waals surface area (Å²) >= 11 is 0. The van der Waals surface area contributed by atoms with Gasteiger partial charge in [0.1, 0.15) is 6.10 Å². The van der Waals surface area contributed by atoms with Crippen molar-refractivity contribution in [3.63, 3.8) is 0 Å². The van der Waals surface area contributed by atoms with Gasteiger partial charge in [-0.05, 0) is 6.92 Å². The number of carbonyl (C=O) groups excluding carboxylic acids is 1. The van der Waals surface area contributed by atoms with E-state index >= 15 is 0 Å². The lowest BCUT2D eigenvalue weighted by atomic mass is 10.3. The SMILES string of the molecule is CCNc1nc(NCC(O)C(N)=O)c(F)cc1F. The molecule has 0 bridgehead atoms. The molecular weight excluding hydrogens is 246 g/mol. The number of rotatable bonds is 6. The van der Waals surface area contributed by atoms with Gasteiger partial charge in [-0.25, -0.2) is 13.8 Å². The number of hydrogen-bond acceptors (Lipinski definition) is 5. The van der Waals surface area contributed by atoms with E-state index in [1.807, 2.05) is 0 Å². The van der Waals surface area contributed by atoms with Gasteiger partial charge in [0.2, 0.25) is 5.91 Å². The Balaban J connectivity index is 2.81. The molecular formula is C10H14F2N4O2. The van der Waals surface area contributed by atoms with Crippen molar-refractivity contribution in [1.29, 1.82) is 0 Å². The van der Waals surface area contributed by atoms with E-state index in [4.69, 9.17) is 10.8 Å². The summed E-state index contributed by atoms with van der Waals surface area (Å²) in [5.41, 5.74) is 4.82. The monoisotopic (exact) mass is 260 g/mol. The fraction of sp³-hybridized carbons (Fsp3) is 0.400. The molecule has 8 heteroatoms. The quantitative estimate of drug-likeness (QED) is 0.579. The molecule has 5 N–H and O–H groups in total. The number of aliphatic hydroxyl groups excluding tert-OH is 1. The van der Waals surface area contributed by atoms with Crippen LogP contribution < -0.4 is 16.4 Å². The lowest BCUT2D eigenvalue weighted by Crippen LogP contribution is -2.34.